The maximum absolute atomic E-state index is 9.13. The Morgan fingerprint density at radius 3 is 2.45 bits per heavy atom. The molecular weight excluding hydrogens is 362 g/mol. The van der Waals surface area contributed by atoms with Crippen molar-refractivity contribution in [1.82, 2.24) is 19.4 Å². The Hall–Kier alpha value is -4.24. The van der Waals surface area contributed by atoms with Gasteiger partial charge in [0.25, 0.3) is 0 Å². The summed E-state index contributed by atoms with van der Waals surface area (Å²) >= 11 is 0. The third kappa shape index (κ3) is 2.77. The molecule has 6 nitrogen and oxygen atoms in total. The van der Waals surface area contributed by atoms with Gasteiger partial charge in [0.1, 0.15) is 11.3 Å². The predicted molar refractivity (Wildman–Crippen MR) is 110 cm³/mol. The number of pyridine rings is 1. The quantitative estimate of drug-likeness (QED) is 0.463. The van der Waals surface area contributed by atoms with Crippen LogP contribution in [0.2, 0.25) is 0 Å². The Morgan fingerprint density at radius 1 is 0.931 bits per heavy atom. The summed E-state index contributed by atoms with van der Waals surface area (Å²) in [7, 11) is 1.65. The van der Waals surface area contributed by atoms with E-state index >= 15 is 0 Å². The number of imidazole rings is 1. The molecule has 0 saturated heterocycles. The molecule has 0 saturated carbocycles. The topological polar surface area (TPSA) is 76.1 Å². The second-order valence-electron chi connectivity index (χ2n) is 6.57. The minimum atomic E-state index is 0.618. The first kappa shape index (κ1) is 16.9. The van der Waals surface area contributed by atoms with Crippen molar-refractivity contribution in [3.05, 3.63) is 79.0 Å². The number of nitrogens with zero attached hydrogens (tertiary/aromatic N) is 5. The van der Waals surface area contributed by atoms with Crippen LogP contribution in [0.1, 0.15) is 5.56 Å². The lowest BCUT2D eigenvalue weighted by Gasteiger charge is -2.16. The first-order valence-electron chi connectivity index (χ1n) is 9.03. The lowest BCUT2D eigenvalue weighted by Crippen LogP contribution is -1.98. The lowest BCUT2D eigenvalue weighted by atomic mass is 9.97. The van der Waals surface area contributed by atoms with Gasteiger partial charge in [-0.05, 0) is 35.9 Å². The van der Waals surface area contributed by atoms with Crippen LogP contribution in [0.25, 0.3) is 38.9 Å². The minimum Gasteiger partial charge on any atom is -0.494 e. The molecular formula is C23H15N5O. The van der Waals surface area contributed by atoms with E-state index in [-0.39, 0.29) is 0 Å². The van der Waals surface area contributed by atoms with Crippen molar-refractivity contribution in [1.29, 1.82) is 5.26 Å². The average molecular weight is 377 g/mol. The number of hydrogen-bond donors (Lipinski definition) is 0. The molecule has 0 unspecified atom stereocenters. The fourth-order valence-electron chi connectivity index (χ4n) is 3.57. The predicted octanol–water partition coefficient (Wildman–Crippen LogP) is 4.49. The number of nitriles is 1. The summed E-state index contributed by atoms with van der Waals surface area (Å²) in [5.41, 5.74) is 7.06. The Balaban J connectivity index is 1.84. The van der Waals surface area contributed by atoms with E-state index in [1.807, 2.05) is 52.9 Å². The number of benzene rings is 2. The molecule has 0 aliphatic heterocycles. The van der Waals surface area contributed by atoms with Crippen LogP contribution in [0, 0.1) is 11.3 Å². The van der Waals surface area contributed by atoms with E-state index < -0.39 is 0 Å². The molecule has 0 bridgehead atoms. The number of aromatic nitrogens is 4. The van der Waals surface area contributed by atoms with Crippen molar-refractivity contribution >= 4 is 16.6 Å². The first-order chi connectivity index (χ1) is 14.3. The number of methoxy groups -OCH3 is 1. The smallest absolute Gasteiger partial charge is 0.145 e. The van der Waals surface area contributed by atoms with E-state index in [9.17, 15) is 0 Å². The van der Waals surface area contributed by atoms with Gasteiger partial charge in [0.05, 0.1) is 48.0 Å². The zero-order valence-electron chi connectivity index (χ0n) is 15.6. The molecule has 0 amide bonds. The Kier molecular flexibility index (Phi) is 3.92. The number of rotatable bonds is 3. The van der Waals surface area contributed by atoms with Gasteiger partial charge in [0.2, 0.25) is 0 Å². The molecule has 138 valence electrons. The molecule has 2 aromatic carbocycles. The maximum atomic E-state index is 9.13. The highest BCUT2D eigenvalue weighted by Crippen LogP contribution is 2.38. The van der Waals surface area contributed by atoms with Crippen molar-refractivity contribution in [2.45, 2.75) is 0 Å². The monoisotopic (exact) mass is 377 g/mol. The van der Waals surface area contributed by atoms with Gasteiger partial charge in [0.15, 0.2) is 0 Å². The average Bonchev–Trinajstić information content (AvgIpc) is 3.27. The van der Waals surface area contributed by atoms with Gasteiger partial charge in [-0.2, -0.15) is 5.26 Å². The van der Waals surface area contributed by atoms with Gasteiger partial charge in [-0.15, -0.1) is 0 Å². The van der Waals surface area contributed by atoms with Crippen molar-refractivity contribution in [3.8, 4) is 34.2 Å². The summed E-state index contributed by atoms with van der Waals surface area (Å²) in [4.78, 5) is 13.1. The van der Waals surface area contributed by atoms with Gasteiger partial charge >= 0.3 is 0 Å². The van der Waals surface area contributed by atoms with Crippen molar-refractivity contribution in [2.24, 2.45) is 0 Å². The van der Waals surface area contributed by atoms with Crippen LogP contribution >= 0.6 is 0 Å². The Bertz CT molecular complexity index is 1400. The summed E-state index contributed by atoms with van der Waals surface area (Å²) in [6, 6.07) is 17.7. The molecule has 0 spiro atoms. The molecule has 0 aliphatic rings. The highest BCUT2D eigenvalue weighted by Gasteiger charge is 2.17. The van der Waals surface area contributed by atoms with Crippen LogP contribution in [-0.4, -0.2) is 26.5 Å². The third-order valence-corrected chi connectivity index (χ3v) is 4.95. The van der Waals surface area contributed by atoms with E-state index in [2.05, 4.69) is 21.0 Å². The van der Waals surface area contributed by atoms with Crippen LogP contribution in [0.3, 0.4) is 0 Å². The van der Waals surface area contributed by atoms with E-state index in [1.165, 1.54) is 0 Å². The molecule has 6 heteroatoms. The summed E-state index contributed by atoms with van der Waals surface area (Å²) in [5, 5.41) is 9.13. The van der Waals surface area contributed by atoms with E-state index in [0.717, 1.165) is 44.7 Å². The van der Waals surface area contributed by atoms with Crippen molar-refractivity contribution in [2.75, 3.05) is 7.11 Å². The van der Waals surface area contributed by atoms with Gasteiger partial charge in [-0.1, -0.05) is 18.2 Å². The number of fused-ring (bicyclic) bond motifs is 2. The Morgan fingerprint density at radius 2 is 1.69 bits per heavy atom. The van der Waals surface area contributed by atoms with Crippen LogP contribution in [-0.2, 0) is 0 Å². The fourth-order valence-corrected chi connectivity index (χ4v) is 3.57. The van der Waals surface area contributed by atoms with Gasteiger partial charge in [-0.3, -0.25) is 14.4 Å². The molecule has 0 radical (unpaired) electrons. The summed E-state index contributed by atoms with van der Waals surface area (Å²) in [6.07, 6.45) is 6.94. The summed E-state index contributed by atoms with van der Waals surface area (Å²) < 4.78 is 7.64. The first-order valence-corrected chi connectivity index (χ1v) is 9.03. The SMILES string of the molecule is COc1cc(-c2ccc(C#N)cc2)c(-c2ccc3nccnc3c2)n2cncc12. The summed E-state index contributed by atoms with van der Waals surface area (Å²) in [5.74, 6) is 0.728. The minimum absolute atomic E-state index is 0.618. The molecule has 3 aromatic heterocycles. The third-order valence-electron chi connectivity index (χ3n) is 4.95. The molecule has 29 heavy (non-hydrogen) atoms. The zero-order chi connectivity index (χ0) is 19.8. The number of ether oxygens (including phenoxy) is 1. The van der Waals surface area contributed by atoms with Gasteiger partial charge in [-0.25, -0.2) is 4.98 Å². The van der Waals surface area contributed by atoms with Crippen molar-refractivity contribution < 1.29 is 4.74 Å². The van der Waals surface area contributed by atoms with E-state index in [1.54, 1.807) is 32.0 Å². The molecule has 0 N–H and O–H groups in total. The highest BCUT2D eigenvalue weighted by atomic mass is 16.5. The fraction of sp³-hybridized carbons (Fsp3) is 0.0435. The van der Waals surface area contributed by atoms with Crippen LogP contribution in [0.5, 0.6) is 5.75 Å². The number of hydrogen-bond acceptors (Lipinski definition) is 5. The molecule has 3 heterocycles. The summed E-state index contributed by atoms with van der Waals surface area (Å²) in [6.45, 7) is 0. The van der Waals surface area contributed by atoms with Crippen molar-refractivity contribution in [3.63, 3.8) is 0 Å². The van der Waals surface area contributed by atoms with Gasteiger partial charge in [0, 0.05) is 23.5 Å². The zero-order valence-corrected chi connectivity index (χ0v) is 15.6. The molecule has 5 rings (SSSR count). The van der Waals surface area contributed by atoms with Crippen LogP contribution in [0.15, 0.2) is 73.4 Å². The highest BCUT2D eigenvalue weighted by molar-refractivity contribution is 5.89. The largest absolute Gasteiger partial charge is 0.494 e. The lowest BCUT2D eigenvalue weighted by molar-refractivity contribution is 0.418. The standard InChI is InChI=1S/C23H15N5O/c1-29-22-11-18(16-4-2-15(12-24)3-5-16)23(28-14-25-13-21(22)28)17-6-7-19-20(10-17)27-9-8-26-19/h2-11,13-14H,1H3. The maximum Gasteiger partial charge on any atom is 0.145 e. The molecule has 5 aromatic rings. The molecule has 0 fully saturated rings. The second kappa shape index (κ2) is 6.73. The normalized spacial score (nSPS) is 10.9. The van der Waals surface area contributed by atoms with Gasteiger partial charge < -0.3 is 4.74 Å². The van der Waals surface area contributed by atoms with Crippen LogP contribution in [0.4, 0.5) is 0 Å². The molecule has 0 atom stereocenters. The van der Waals surface area contributed by atoms with E-state index in [0.29, 0.717) is 5.56 Å². The van der Waals surface area contributed by atoms with Crippen LogP contribution < -0.4 is 4.74 Å². The molecule has 0 aliphatic carbocycles. The van der Waals surface area contributed by atoms with E-state index in [4.69, 9.17) is 10.00 Å². The Labute approximate surface area is 166 Å². The second-order valence-corrected chi connectivity index (χ2v) is 6.57.